The monoisotopic (exact) mass is 448 g/mol. The fraction of sp³-hybridized carbons (Fsp3) is 0.269. The van der Waals surface area contributed by atoms with Gasteiger partial charge in [0.15, 0.2) is 0 Å². The highest BCUT2D eigenvalue weighted by molar-refractivity contribution is 6.06. The number of aryl methyl sites for hydroxylation is 2. The maximum absolute atomic E-state index is 13.0. The molecule has 1 heterocycles. The Kier molecular flexibility index (Phi) is 7.66. The van der Waals surface area contributed by atoms with Gasteiger partial charge < -0.3 is 19.9 Å². The molecule has 1 amide bonds. The summed E-state index contributed by atoms with van der Waals surface area (Å²) in [6, 6.07) is 13.7. The zero-order valence-electron chi connectivity index (χ0n) is 19.2. The molecule has 0 saturated carbocycles. The fourth-order valence-corrected chi connectivity index (χ4v) is 2.99. The zero-order chi connectivity index (χ0) is 24.0. The van der Waals surface area contributed by atoms with Gasteiger partial charge in [-0.1, -0.05) is 13.8 Å². The Hall–Kier alpha value is -3.87. The lowest BCUT2D eigenvalue weighted by atomic mass is 10.0. The third-order valence-corrected chi connectivity index (χ3v) is 5.10. The highest BCUT2D eigenvalue weighted by Crippen LogP contribution is 2.30. The molecule has 1 aromatic heterocycles. The molecule has 0 atom stereocenters. The third-order valence-electron chi connectivity index (χ3n) is 5.10. The number of aromatic nitrogens is 1. The van der Waals surface area contributed by atoms with Crippen molar-refractivity contribution in [1.82, 2.24) is 4.98 Å². The topological polar surface area (TPSA) is 97.8 Å². The van der Waals surface area contributed by atoms with Crippen LogP contribution in [0.5, 0.6) is 17.2 Å². The number of pyridine rings is 1. The van der Waals surface area contributed by atoms with Crippen LogP contribution >= 0.6 is 0 Å². The molecular formula is C26H28N2O5. The highest BCUT2D eigenvalue weighted by atomic mass is 16.5. The first-order chi connectivity index (χ1) is 15.7. The van der Waals surface area contributed by atoms with Gasteiger partial charge in [0, 0.05) is 0 Å². The van der Waals surface area contributed by atoms with E-state index in [4.69, 9.17) is 14.6 Å². The normalized spacial score (nSPS) is 10.7. The van der Waals surface area contributed by atoms with Crippen LogP contribution in [0.1, 0.15) is 52.2 Å². The number of hydrogen-bond donors (Lipinski definition) is 2. The molecule has 0 bridgehead atoms. The summed E-state index contributed by atoms with van der Waals surface area (Å²) in [5.74, 6) is 0.821. The number of nitrogens with one attached hydrogen (secondary N) is 1. The SMILES string of the molecule is Cc1cc(Oc2ccc(OCCC(C)C)cc2)c(C(=O)Nc2ccc(C(=O)O)nc2)cc1C. The molecule has 3 rings (SSSR count). The van der Waals surface area contributed by atoms with E-state index in [0.717, 1.165) is 23.3 Å². The number of ether oxygens (including phenoxy) is 2. The number of benzene rings is 2. The lowest BCUT2D eigenvalue weighted by Gasteiger charge is -2.15. The van der Waals surface area contributed by atoms with Crippen LogP contribution in [0.25, 0.3) is 0 Å². The number of amides is 1. The van der Waals surface area contributed by atoms with Gasteiger partial charge in [-0.15, -0.1) is 0 Å². The first-order valence-corrected chi connectivity index (χ1v) is 10.8. The molecule has 2 N–H and O–H groups in total. The first-order valence-electron chi connectivity index (χ1n) is 10.8. The van der Waals surface area contributed by atoms with Gasteiger partial charge in [-0.05, 0) is 85.8 Å². The molecular weight excluding hydrogens is 420 g/mol. The van der Waals surface area contributed by atoms with Crippen LogP contribution in [-0.4, -0.2) is 28.6 Å². The lowest BCUT2D eigenvalue weighted by molar-refractivity contribution is 0.0690. The predicted octanol–water partition coefficient (Wildman–Crippen LogP) is 5.87. The average Bonchev–Trinajstić information content (AvgIpc) is 2.77. The van der Waals surface area contributed by atoms with E-state index in [1.54, 1.807) is 18.2 Å². The van der Waals surface area contributed by atoms with Crippen LogP contribution in [0.15, 0.2) is 54.7 Å². The summed E-state index contributed by atoms with van der Waals surface area (Å²) in [6.45, 7) is 8.83. The molecule has 0 aliphatic heterocycles. The van der Waals surface area contributed by atoms with E-state index in [9.17, 15) is 9.59 Å². The van der Waals surface area contributed by atoms with E-state index in [2.05, 4.69) is 24.1 Å². The number of carbonyl (C=O) groups is 2. The Morgan fingerprint density at radius 1 is 1.00 bits per heavy atom. The molecule has 2 aromatic carbocycles. The van der Waals surface area contributed by atoms with Gasteiger partial charge in [-0.25, -0.2) is 9.78 Å². The second kappa shape index (κ2) is 10.6. The van der Waals surface area contributed by atoms with E-state index in [1.165, 1.54) is 18.3 Å². The molecule has 0 aliphatic rings. The quantitative estimate of drug-likeness (QED) is 0.425. The van der Waals surface area contributed by atoms with E-state index in [1.807, 2.05) is 32.0 Å². The number of anilines is 1. The van der Waals surface area contributed by atoms with Crippen molar-refractivity contribution in [1.29, 1.82) is 0 Å². The maximum Gasteiger partial charge on any atom is 0.354 e. The van der Waals surface area contributed by atoms with Gasteiger partial charge in [0.05, 0.1) is 24.1 Å². The second-order valence-corrected chi connectivity index (χ2v) is 8.23. The summed E-state index contributed by atoms with van der Waals surface area (Å²) in [4.78, 5) is 27.8. The smallest absolute Gasteiger partial charge is 0.354 e. The van der Waals surface area contributed by atoms with Gasteiger partial charge in [0.2, 0.25) is 0 Å². The Morgan fingerprint density at radius 3 is 2.27 bits per heavy atom. The van der Waals surface area contributed by atoms with Crippen molar-refractivity contribution < 1.29 is 24.2 Å². The molecule has 7 nitrogen and oxygen atoms in total. The van der Waals surface area contributed by atoms with Crippen molar-refractivity contribution >= 4 is 17.6 Å². The Morgan fingerprint density at radius 2 is 1.67 bits per heavy atom. The lowest BCUT2D eigenvalue weighted by Crippen LogP contribution is -2.14. The number of nitrogens with zero attached hydrogens (tertiary/aromatic N) is 1. The van der Waals surface area contributed by atoms with E-state index in [0.29, 0.717) is 35.3 Å². The maximum atomic E-state index is 13.0. The largest absolute Gasteiger partial charge is 0.494 e. The molecule has 0 unspecified atom stereocenters. The minimum Gasteiger partial charge on any atom is -0.494 e. The van der Waals surface area contributed by atoms with E-state index >= 15 is 0 Å². The van der Waals surface area contributed by atoms with Crippen LogP contribution in [0.3, 0.4) is 0 Å². The van der Waals surface area contributed by atoms with Crippen LogP contribution in [0.4, 0.5) is 5.69 Å². The molecule has 0 aliphatic carbocycles. The number of hydrogen-bond acceptors (Lipinski definition) is 5. The molecule has 0 saturated heterocycles. The Bertz CT molecular complexity index is 1120. The number of carboxylic acids is 1. The number of carbonyl (C=O) groups excluding carboxylic acids is 1. The molecule has 0 radical (unpaired) electrons. The van der Waals surface area contributed by atoms with Gasteiger partial charge in [-0.3, -0.25) is 4.79 Å². The van der Waals surface area contributed by atoms with Gasteiger partial charge in [0.25, 0.3) is 5.91 Å². The number of aromatic carboxylic acids is 1. The minimum absolute atomic E-state index is 0.0974. The van der Waals surface area contributed by atoms with Crippen molar-refractivity contribution in [3.8, 4) is 17.2 Å². The molecule has 0 spiro atoms. The van der Waals surface area contributed by atoms with Crippen LogP contribution in [-0.2, 0) is 0 Å². The summed E-state index contributed by atoms with van der Waals surface area (Å²) >= 11 is 0. The van der Waals surface area contributed by atoms with Crippen molar-refractivity contribution in [2.75, 3.05) is 11.9 Å². The first kappa shape index (κ1) is 23.8. The van der Waals surface area contributed by atoms with Gasteiger partial charge in [-0.2, -0.15) is 0 Å². The molecule has 172 valence electrons. The fourth-order valence-electron chi connectivity index (χ4n) is 2.99. The predicted molar refractivity (Wildman–Crippen MR) is 127 cm³/mol. The van der Waals surface area contributed by atoms with E-state index in [-0.39, 0.29) is 11.6 Å². The van der Waals surface area contributed by atoms with E-state index < -0.39 is 5.97 Å². The average molecular weight is 449 g/mol. The van der Waals surface area contributed by atoms with Crippen LogP contribution in [0.2, 0.25) is 0 Å². The second-order valence-electron chi connectivity index (χ2n) is 8.23. The highest BCUT2D eigenvalue weighted by Gasteiger charge is 2.16. The van der Waals surface area contributed by atoms with Crippen molar-refractivity contribution in [3.05, 3.63) is 77.1 Å². The summed E-state index contributed by atoms with van der Waals surface area (Å²) in [5.41, 5.74) is 2.58. The number of carboxylic acid groups (broad SMARTS) is 1. The Balaban J connectivity index is 1.76. The summed E-state index contributed by atoms with van der Waals surface area (Å²) in [7, 11) is 0. The summed E-state index contributed by atoms with van der Waals surface area (Å²) in [6.07, 6.45) is 2.29. The third kappa shape index (κ3) is 6.55. The standard InChI is InChI=1S/C26H28N2O5/c1-16(2)11-12-32-20-6-8-21(9-7-20)33-24-14-18(4)17(3)13-22(24)25(29)28-19-5-10-23(26(30)31)27-15-19/h5-10,13-16H,11-12H2,1-4H3,(H,28,29)(H,30,31). The van der Waals surface area contributed by atoms with Crippen LogP contribution in [0, 0.1) is 19.8 Å². The van der Waals surface area contributed by atoms with Gasteiger partial charge in [0.1, 0.15) is 22.9 Å². The number of rotatable bonds is 9. The molecule has 0 fully saturated rings. The molecule has 3 aromatic rings. The van der Waals surface area contributed by atoms with Crippen molar-refractivity contribution in [3.63, 3.8) is 0 Å². The van der Waals surface area contributed by atoms with Crippen LogP contribution < -0.4 is 14.8 Å². The molecule has 7 heteroatoms. The minimum atomic E-state index is -1.13. The summed E-state index contributed by atoms with van der Waals surface area (Å²) in [5, 5.41) is 11.7. The molecule has 33 heavy (non-hydrogen) atoms. The summed E-state index contributed by atoms with van der Waals surface area (Å²) < 4.78 is 11.8. The van der Waals surface area contributed by atoms with Crippen molar-refractivity contribution in [2.24, 2.45) is 5.92 Å². The zero-order valence-corrected chi connectivity index (χ0v) is 19.2. The Labute approximate surface area is 193 Å². The van der Waals surface area contributed by atoms with Crippen molar-refractivity contribution in [2.45, 2.75) is 34.1 Å². The van der Waals surface area contributed by atoms with Gasteiger partial charge >= 0.3 is 5.97 Å².